The van der Waals surface area contributed by atoms with E-state index in [1.54, 1.807) is 0 Å². The molecule has 0 aliphatic carbocycles. The van der Waals surface area contributed by atoms with Crippen LogP contribution in [-0.4, -0.2) is 27.1 Å². The van der Waals surface area contributed by atoms with Crippen molar-refractivity contribution in [3.05, 3.63) is 11.6 Å². The van der Waals surface area contributed by atoms with Crippen LogP contribution in [0.5, 0.6) is 0 Å². The summed E-state index contributed by atoms with van der Waals surface area (Å²) in [7, 11) is 0. The Bertz CT molecular complexity index is 393. The van der Waals surface area contributed by atoms with E-state index in [9.17, 15) is 26.3 Å². The number of halogens is 6. The minimum Gasteiger partial charge on any atom is -0.324 e. The highest BCUT2D eigenvalue weighted by Gasteiger charge is 2.60. The molecule has 1 aromatic rings. The standard InChI is InChI=1S/C8H10F6N4/c1-2-18-4(3-15)16-17-6(18)5(7(9,10)11)8(12,13)14/h5H,2-3,15H2,1H3. The highest BCUT2D eigenvalue weighted by Crippen LogP contribution is 2.45. The summed E-state index contributed by atoms with van der Waals surface area (Å²) in [6.45, 7) is 0.969. The Labute approximate surface area is 97.8 Å². The van der Waals surface area contributed by atoms with Crippen LogP contribution in [0.4, 0.5) is 26.3 Å². The lowest BCUT2D eigenvalue weighted by atomic mass is 10.1. The van der Waals surface area contributed by atoms with Gasteiger partial charge in [-0.1, -0.05) is 0 Å². The molecule has 0 amide bonds. The molecule has 1 aromatic heterocycles. The van der Waals surface area contributed by atoms with E-state index in [-0.39, 0.29) is 18.9 Å². The van der Waals surface area contributed by atoms with Crippen LogP contribution in [0.15, 0.2) is 0 Å². The van der Waals surface area contributed by atoms with Crippen LogP contribution in [0, 0.1) is 0 Å². The second-order valence-electron chi connectivity index (χ2n) is 3.44. The minimum atomic E-state index is -5.48. The van der Waals surface area contributed by atoms with Crippen LogP contribution in [0.1, 0.15) is 24.5 Å². The SMILES string of the molecule is CCn1c(CN)nnc1C(C(F)(F)F)C(F)(F)F. The number of aromatic nitrogens is 3. The third-order valence-electron chi connectivity index (χ3n) is 2.27. The van der Waals surface area contributed by atoms with Gasteiger partial charge in [-0.2, -0.15) is 26.3 Å². The van der Waals surface area contributed by atoms with Crippen molar-refractivity contribution < 1.29 is 26.3 Å². The van der Waals surface area contributed by atoms with Crippen LogP contribution >= 0.6 is 0 Å². The number of alkyl halides is 6. The summed E-state index contributed by atoms with van der Waals surface area (Å²) >= 11 is 0. The van der Waals surface area contributed by atoms with Crippen molar-refractivity contribution in [1.82, 2.24) is 14.8 Å². The summed E-state index contributed by atoms with van der Waals surface area (Å²) in [5.74, 6) is -4.96. The van der Waals surface area contributed by atoms with E-state index in [1.807, 2.05) is 0 Å². The Kier molecular flexibility index (Phi) is 3.89. The predicted octanol–water partition coefficient (Wildman–Crippen LogP) is 1.96. The van der Waals surface area contributed by atoms with Gasteiger partial charge in [0.15, 0.2) is 5.82 Å². The summed E-state index contributed by atoms with van der Waals surface area (Å²) in [5, 5.41) is 6.23. The van der Waals surface area contributed by atoms with Crippen LogP contribution in [0.2, 0.25) is 0 Å². The first-order valence-electron chi connectivity index (χ1n) is 4.88. The average Bonchev–Trinajstić information content (AvgIpc) is 2.55. The second-order valence-corrected chi connectivity index (χ2v) is 3.44. The molecule has 0 atom stereocenters. The lowest BCUT2D eigenvalue weighted by Crippen LogP contribution is -2.36. The largest absolute Gasteiger partial charge is 0.407 e. The van der Waals surface area contributed by atoms with Gasteiger partial charge >= 0.3 is 12.4 Å². The normalized spacial score (nSPS) is 13.4. The van der Waals surface area contributed by atoms with Gasteiger partial charge in [0.25, 0.3) is 0 Å². The molecular weight excluding hydrogens is 266 g/mol. The molecule has 4 nitrogen and oxygen atoms in total. The molecule has 0 saturated heterocycles. The third kappa shape index (κ3) is 2.74. The first kappa shape index (κ1) is 14.7. The van der Waals surface area contributed by atoms with Crippen LogP contribution < -0.4 is 5.73 Å². The molecule has 0 fully saturated rings. The molecule has 2 N–H and O–H groups in total. The summed E-state index contributed by atoms with van der Waals surface area (Å²) in [4.78, 5) is 0. The fraction of sp³-hybridized carbons (Fsp3) is 0.750. The predicted molar refractivity (Wildman–Crippen MR) is 48.4 cm³/mol. The minimum absolute atomic E-state index is 0.119. The monoisotopic (exact) mass is 276 g/mol. The zero-order valence-corrected chi connectivity index (χ0v) is 9.18. The van der Waals surface area contributed by atoms with Crippen LogP contribution in [0.3, 0.4) is 0 Å². The Hall–Kier alpha value is -1.32. The topological polar surface area (TPSA) is 56.7 Å². The molecule has 0 bridgehead atoms. The first-order valence-corrected chi connectivity index (χ1v) is 4.88. The van der Waals surface area contributed by atoms with Crippen LogP contribution in [0.25, 0.3) is 0 Å². The molecule has 0 unspecified atom stereocenters. The van der Waals surface area contributed by atoms with Crippen molar-refractivity contribution in [2.24, 2.45) is 5.73 Å². The van der Waals surface area contributed by atoms with Crippen molar-refractivity contribution in [3.8, 4) is 0 Å². The molecule has 0 aliphatic rings. The first-order chi connectivity index (χ1) is 8.12. The van der Waals surface area contributed by atoms with E-state index in [1.165, 1.54) is 6.92 Å². The maximum atomic E-state index is 12.5. The Morgan fingerprint density at radius 3 is 1.94 bits per heavy atom. The van der Waals surface area contributed by atoms with Crippen LogP contribution in [-0.2, 0) is 13.1 Å². The van der Waals surface area contributed by atoms with Gasteiger partial charge < -0.3 is 10.3 Å². The van der Waals surface area contributed by atoms with E-state index in [0.29, 0.717) is 0 Å². The molecule has 18 heavy (non-hydrogen) atoms. The second kappa shape index (κ2) is 4.75. The summed E-state index contributed by atoms with van der Waals surface area (Å²) < 4.78 is 75.7. The van der Waals surface area contributed by atoms with E-state index in [2.05, 4.69) is 10.2 Å². The van der Waals surface area contributed by atoms with E-state index >= 15 is 0 Å². The maximum Gasteiger partial charge on any atom is 0.407 e. The van der Waals surface area contributed by atoms with Gasteiger partial charge in [0, 0.05) is 6.54 Å². The van der Waals surface area contributed by atoms with Crippen molar-refractivity contribution in [3.63, 3.8) is 0 Å². The molecular formula is C8H10F6N4. The highest BCUT2D eigenvalue weighted by molar-refractivity contribution is 5.08. The number of nitrogens with two attached hydrogens (primary N) is 1. The average molecular weight is 276 g/mol. The van der Waals surface area contributed by atoms with Crippen molar-refractivity contribution >= 4 is 0 Å². The molecule has 1 heterocycles. The molecule has 0 aromatic carbocycles. The van der Waals surface area contributed by atoms with E-state index in [0.717, 1.165) is 4.57 Å². The van der Waals surface area contributed by atoms with E-state index < -0.39 is 24.1 Å². The van der Waals surface area contributed by atoms with Gasteiger partial charge in [0.05, 0.1) is 6.54 Å². The smallest absolute Gasteiger partial charge is 0.324 e. The zero-order chi connectivity index (χ0) is 14.1. The highest BCUT2D eigenvalue weighted by atomic mass is 19.4. The van der Waals surface area contributed by atoms with Crippen molar-refractivity contribution in [1.29, 1.82) is 0 Å². The molecule has 104 valence electrons. The Morgan fingerprint density at radius 1 is 1.11 bits per heavy atom. The van der Waals surface area contributed by atoms with Gasteiger partial charge in [-0.3, -0.25) is 0 Å². The molecule has 0 saturated carbocycles. The molecule has 10 heteroatoms. The van der Waals surface area contributed by atoms with Gasteiger partial charge in [-0.25, -0.2) is 0 Å². The van der Waals surface area contributed by atoms with Gasteiger partial charge in [0.1, 0.15) is 5.82 Å². The van der Waals surface area contributed by atoms with Gasteiger partial charge in [-0.15, -0.1) is 10.2 Å². The quantitative estimate of drug-likeness (QED) is 0.859. The molecule has 1 rings (SSSR count). The third-order valence-corrected chi connectivity index (χ3v) is 2.27. The molecule has 0 radical (unpaired) electrons. The van der Waals surface area contributed by atoms with Gasteiger partial charge in [0.2, 0.25) is 5.92 Å². The fourth-order valence-electron chi connectivity index (χ4n) is 1.54. The molecule has 0 aliphatic heterocycles. The fourth-order valence-corrected chi connectivity index (χ4v) is 1.54. The Balaban J connectivity index is 3.35. The summed E-state index contributed by atoms with van der Waals surface area (Å²) in [5.41, 5.74) is 5.17. The zero-order valence-electron chi connectivity index (χ0n) is 9.18. The number of hydrogen-bond donors (Lipinski definition) is 1. The van der Waals surface area contributed by atoms with Crippen molar-refractivity contribution in [2.45, 2.75) is 38.3 Å². The summed E-state index contributed by atoms with van der Waals surface area (Å²) in [6, 6.07) is 0. The number of rotatable bonds is 3. The number of hydrogen-bond acceptors (Lipinski definition) is 3. The van der Waals surface area contributed by atoms with Gasteiger partial charge in [-0.05, 0) is 6.92 Å². The maximum absolute atomic E-state index is 12.5. The number of nitrogens with zero attached hydrogens (tertiary/aromatic N) is 3. The molecule has 0 spiro atoms. The lowest BCUT2D eigenvalue weighted by Gasteiger charge is -2.22. The Morgan fingerprint density at radius 2 is 1.61 bits per heavy atom. The summed E-state index contributed by atoms with van der Waals surface area (Å²) in [6.07, 6.45) is -11.0. The lowest BCUT2D eigenvalue weighted by molar-refractivity contribution is -0.256. The van der Waals surface area contributed by atoms with Crippen molar-refractivity contribution in [2.75, 3.05) is 0 Å². The van der Waals surface area contributed by atoms with E-state index in [4.69, 9.17) is 5.73 Å².